The van der Waals surface area contributed by atoms with Crippen molar-refractivity contribution in [1.29, 1.82) is 0 Å². The molecule has 52 valence electrons. The molecule has 3 fully saturated rings. The number of hydrogen-bond donors (Lipinski definition) is 1. The van der Waals surface area contributed by atoms with Crippen LogP contribution < -0.4 is 0 Å². The number of nitrogens with zero attached hydrogens (tertiary/aromatic N) is 2. The van der Waals surface area contributed by atoms with Crippen LogP contribution in [-0.2, 0) is 0 Å². The molecular formula is C5H9IN2S. The molecule has 0 N–H and O–H groups in total. The normalized spacial score (nSPS) is 44.7. The second-order valence-electron chi connectivity index (χ2n) is 2.75. The first-order valence-corrected chi connectivity index (χ1v) is 4.52. The standard InChI is InChI=1S/C5H9IN2S/c6-7-2-4-1-5(3-7)8(4)9/h4-5,9H,1-3H2. The highest BCUT2D eigenvalue weighted by atomic mass is 127. The Morgan fingerprint density at radius 2 is 1.89 bits per heavy atom. The summed E-state index contributed by atoms with van der Waals surface area (Å²) >= 11 is 6.74. The van der Waals surface area contributed by atoms with Crippen LogP contribution in [0.15, 0.2) is 0 Å². The Morgan fingerprint density at radius 1 is 1.33 bits per heavy atom. The Labute approximate surface area is 74.6 Å². The lowest BCUT2D eigenvalue weighted by atomic mass is 9.93. The first-order valence-electron chi connectivity index (χ1n) is 3.15. The fourth-order valence-electron chi connectivity index (χ4n) is 1.54. The van der Waals surface area contributed by atoms with Crippen molar-refractivity contribution in [3.05, 3.63) is 0 Å². The summed E-state index contributed by atoms with van der Waals surface area (Å²) in [5, 5.41) is 0. The molecule has 9 heavy (non-hydrogen) atoms. The third-order valence-corrected chi connectivity index (χ3v) is 3.55. The van der Waals surface area contributed by atoms with E-state index in [1.807, 2.05) is 0 Å². The highest BCUT2D eigenvalue weighted by Crippen LogP contribution is 2.34. The monoisotopic (exact) mass is 256 g/mol. The van der Waals surface area contributed by atoms with Gasteiger partial charge in [-0.15, -0.1) is 0 Å². The molecule has 0 aliphatic carbocycles. The summed E-state index contributed by atoms with van der Waals surface area (Å²) in [4.78, 5) is 0. The molecule has 3 heterocycles. The van der Waals surface area contributed by atoms with Gasteiger partial charge in [0, 0.05) is 48.0 Å². The second kappa shape index (κ2) is 2.25. The molecule has 3 aliphatic rings. The van der Waals surface area contributed by atoms with Gasteiger partial charge in [-0.3, -0.25) is 0 Å². The van der Waals surface area contributed by atoms with Crippen LogP contribution >= 0.6 is 35.7 Å². The minimum Gasteiger partial charge on any atom is -0.244 e. The summed E-state index contributed by atoms with van der Waals surface area (Å²) in [6.07, 6.45) is 1.36. The topological polar surface area (TPSA) is 6.48 Å². The van der Waals surface area contributed by atoms with Crippen molar-refractivity contribution in [2.45, 2.75) is 18.5 Å². The number of rotatable bonds is 0. The van der Waals surface area contributed by atoms with E-state index in [0.29, 0.717) is 0 Å². The number of fused-ring (bicyclic) bond motifs is 2. The number of piperidine rings is 1. The van der Waals surface area contributed by atoms with Crippen LogP contribution in [0.4, 0.5) is 0 Å². The van der Waals surface area contributed by atoms with Crippen molar-refractivity contribution >= 4 is 35.7 Å². The lowest BCUT2D eigenvalue weighted by molar-refractivity contribution is 0.0543. The zero-order valence-corrected chi connectivity index (χ0v) is 8.05. The SMILES string of the molecule is SN1C2CC1CN(I)C2. The Kier molecular flexibility index (Phi) is 1.67. The third kappa shape index (κ3) is 1.00. The zero-order valence-electron chi connectivity index (χ0n) is 5.00. The van der Waals surface area contributed by atoms with E-state index < -0.39 is 0 Å². The molecule has 3 rings (SSSR count). The Morgan fingerprint density at radius 3 is 2.22 bits per heavy atom. The quantitative estimate of drug-likeness (QED) is 0.391. The van der Waals surface area contributed by atoms with Crippen LogP contribution in [0.5, 0.6) is 0 Å². The van der Waals surface area contributed by atoms with E-state index in [4.69, 9.17) is 0 Å². The van der Waals surface area contributed by atoms with Gasteiger partial charge in [-0.1, -0.05) is 12.8 Å². The third-order valence-electron chi connectivity index (χ3n) is 2.11. The highest BCUT2D eigenvalue weighted by molar-refractivity contribution is 14.1. The Balaban J connectivity index is 2.01. The fraction of sp³-hybridized carbons (Fsp3) is 1.00. The smallest absolute Gasteiger partial charge is 0.0355 e. The van der Waals surface area contributed by atoms with Gasteiger partial charge in [-0.2, -0.15) is 0 Å². The van der Waals surface area contributed by atoms with E-state index in [-0.39, 0.29) is 0 Å². The number of halogens is 1. The van der Waals surface area contributed by atoms with Crippen LogP contribution in [0, 0.1) is 0 Å². The summed E-state index contributed by atoms with van der Waals surface area (Å²) in [6, 6.07) is 1.48. The molecular weight excluding hydrogens is 247 g/mol. The summed E-state index contributed by atoms with van der Waals surface area (Å²) in [5.41, 5.74) is 0. The van der Waals surface area contributed by atoms with Gasteiger partial charge in [0.25, 0.3) is 0 Å². The van der Waals surface area contributed by atoms with Crippen LogP contribution in [0.3, 0.4) is 0 Å². The second-order valence-corrected chi connectivity index (χ2v) is 4.58. The van der Waals surface area contributed by atoms with E-state index in [1.54, 1.807) is 0 Å². The summed E-state index contributed by atoms with van der Waals surface area (Å²) in [5.74, 6) is 0. The van der Waals surface area contributed by atoms with E-state index >= 15 is 0 Å². The average molecular weight is 256 g/mol. The number of hydrogen-bond acceptors (Lipinski definition) is 3. The molecule has 4 heteroatoms. The Bertz CT molecular complexity index is 120. The molecule has 0 aromatic heterocycles. The molecule has 2 bridgehead atoms. The predicted molar refractivity (Wildman–Crippen MR) is 48.6 cm³/mol. The van der Waals surface area contributed by atoms with Crippen molar-refractivity contribution in [3.8, 4) is 0 Å². The lowest BCUT2D eigenvalue weighted by Crippen LogP contribution is -2.62. The van der Waals surface area contributed by atoms with Gasteiger partial charge in [-0.25, -0.2) is 7.42 Å². The van der Waals surface area contributed by atoms with Crippen LogP contribution in [-0.4, -0.2) is 32.6 Å². The maximum absolute atomic E-state index is 4.35. The first kappa shape index (κ1) is 6.69. The van der Waals surface area contributed by atoms with Crippen LogP contribution in [0.2, 0.25) is 0 Å². The largest absolute Gasteiger partial charge is 0.244 e. The molecule has 0 radical (unpaired) electrons. The van der Waals surface area contributed by atoms with Gasteiger partial charge >= 0.3 is 0 Å². The van der Waals surface area contributed by atoms with Gasteiger partial charge in [0.1, 0.15) is 0 Å². The van der Waals surface area contributed by atoms with Gasteiger partial charge < -0.3 is 0 Å². The van der Waals surface area contributed by atoms with Gasteiger partial charge in [0.15, 0.2) is 0 Å². The van der Waals surface area contributed by atoms with Gasteiger partial charge in [-0.05, 0) is 6.42 Å². The minimum atomic E-state index is 0.740. The lowest BCUT2D eigenvalue weighted by Gasteiger charge is -2.52. The van der Waals surface area contributed by atoms with Crippen molar-refractivity contribution in [1.82, 2.24) is 7.42 Å². The molecule has 2 unspecified atom stereocenters. The van der Waals surface area contributed by atoms with E-state index in [0.717, 1.165) is 12.1 Å². The maximum Gasteiger partial charge on any atom is 0.0355 e. The van der Waals surface area contributed by atoms with Gasteiger partial charge in [0.05, 0.1) is 0 Å². The number of piperazine rings is 1. The summed E-state index contributed by atoms with van der Waals surface area (Å²) in [7, 11) is 0. The van der Waals surface area contributed by atoms with Crippen molar-refractivity contribution in [2.24, 2.45) is 0 Å². The maximum atomic E-state index is 4.35. The molecule has 2 atom stereocenters. The zero-order chi connectivity index (χ0) is 6.43. The average Bonchev–Trinajstić information content (AvgIpc) is 1.87. The molecule has 0 saturated carbocycles. The Hall–Kier alpha value is 1.00. The van der Waals surface area contributed by atoms with E-state index in [1.165, 1.54) is 19.5 Å². The van der Waals surface area contributed by atoms with Crippen molar-refractivity contribution < 1.29 is 0 Å². The minimum absolute atomic E-state index is 0.740. The van der Waals surface area contributed by atoms with E-state index in [9.17, 15) is 0 Å². The first-order chi connectivity index (χ1) is 4.27. The van der Waals surface area contributed by atoms with Crippen LogP contribution in [0.1, 0.15) is 6.42 Å². The fourth-order valence-corrected chi connectivity index (χ4v) is 2.78. The molecule has 3 aliphatic heterocycles. The van der Waals surface area contributed by atoms with Gasteiger partial charge in [0.2, 0.25) is 0 Å². The molecule has 0 aromatic rings. The summed E-state index contributed by atoms with van der Waals surface area (Å²) < 4.78 is 4.54. The van der Waals surface area contributed by atoms with Crippen LogP contribution in [0.25, 0.3) is 0 Å². The molecule has 3 saturated heterocycles. The van der Waals surface area contributed by atoms with Crippen molar-refractivity contribution in [2.75, 3.05) is 13.1 Å². The molecule has 0 aromatic carbocycles. The molecule has 0 spiro atoms. The summed E-state index contributed by atoms with van der Waals surface area (Å²) in [6.45, 7) is 2.39. The number of thiol groups is 1. The van der Waals surface area contributed by atoms with Crippen molar-refractivity contribution in [3.63, 3.8) is 0 Å². The highest BCUT2D eigenvalue weighted by Gasteiger charge is 2.42. The van der Waals surface area contributed by atoms with E-state index in [2.05, 4.69) is 43.1 Å². The molecule has 0 amide bonds. The predicted octanol–water partition coefficient (Wildman–Crippen LogP) is 0.940. The molecule has 2 nitrogen and oxygen atoms in total.